The average molecular weight is 454 g/mol. The van der Waals surface area contributed by atoms with Gasteiger partial charge in [0.2, 0.25) is 0 Å². The lowest BCUT2D eigenvalue weighted by Crippen LogP contribution is -2.08. The van der Waals surface area contributed by atoms with Gasteiger partial charge in [-0.15, -0.1) is 0 Å². The Kier molecular flexibility index (Phi) is 5.06. The van der Waals surface area contributed by atoms with E-state index in [-0.39, 0.29) is 34.5 Å². The summed E-state index contributed by atoms with van der Waals surface area (Å²) in [4.78, 5) is 0. The van der Waals surface area contributed by atoms with Crippen LogP contribution < -0.4 is 0 Å². The largest absolute Gasteiger partial charge is 0.508 e. The molecule has 0 aromatic heterocycles. The number of aromatic hydroxyl groups is 6. The summed E-state index contributed by atoms with van der Waals surface area (Å²) in [5.41, 5.74) is 4.10. The molecule has 4 aromatic rings. The van der Waals surface area contributed by atoms with Crippen LogP contribution >= 0.6 is 0 Å². The van der Waals surface area contributed by atoms with E-state index in [1.165, 1.54) is 12.1 Å². The molecule has 6 nitrogen and oxygen atoms in total. The number of hydrogen-bond donors (Lipinski definition) is 6. The summed E-state index contributed by atoms with van der Waals surface area (Å²) in [6.07, 6.45) is 1.88. The number of benzene rings is 4. The molecule has 1 aliphatic carbocycles. The number of allylic oxidation sites excluding steroid dienone is 1. The fourth-order valence-electron chi connectivity index (χ4n) is 4.84. The van der Waals surface area contributed by atoms with Gasteiger partial charge in [0.15, 0.2) is 0 Å². The molecule has 0 saturated carbocycles. The van der Waals surface area contributed by atoms with E-state index in [4.69, 9.17) is 0 Å². The van der Waals surface area contributed by atoms with Gasteiger partial charge in [-0.25, -0.2) is 0 Å². The highest BCUT2D eigenvalue weighted by atomic mass is 16.3. The first-order valence-electron chi connectivity index (χ1n) is 10.7. The van der Waals surface area contributed by atoms with E-state index in [0.717, 1.165) is 11.1 Å². The fourth-order valence-corrected chi connectivity index (χ4v) is 4.84. The van der Waals surface area contributed by atoms with Crippen LogP contribution in [0.4, 0.5) is 0 Å². The van der Waals surface area contributed by atoms with Crippen LogP contribution in [0.2, 0.25) is 0 Å². The normalized spacial score (nSPS) is 18.2. The molecule has 2 atom stereocenters. The lowest BCUT2D eigenvalue weighted by Gasteiger charge is -2.23. The molecule has 0 heterocycles. The smallest absolute Gasteiger partial charge is 0.127 e. The van der Waals surface area contributed by atoms with Crippen LogP contribution in [0.15, 0.2) is 78.9 Å². The summed E-state index contributed by atoms with van der Waals surface area (Å²) >= 11 is 0. The topological polar surface area (TPSA) is 121 Å². The van der Waals surface area contributed by atoms with E-state index in [0.29, 0.717) is 22.3 Å². The summed E-state index contributed by atoms with van der Waals surface area (Å²) in [6.45, 7) is 0. The second kappa shape index (κ2) is 8.08. The van der Waals surface area contributed by atoms with Gasteiger partial charge in [-0.1, -0.05) is 30.3 Å². The van der Waals surface area contributed by atoms with E-state index in [2.05, 4.69) is 0 Å². The Labute approximate surface area is 195 Å². The zero-order chi connectivity index (χ0) is 24.0. The van der Waals surface area contributed by atoms with Crippen molar-refractivity contribution in [2.45, 2.75) is 11.8 Å². The third-order valence-corrected chi connectivity index (χ3v) is 6.18. The summed E-state index contributed by atoms with van der Waals surface area (Å²) in [6, 6.07) is 20.5. The first-order chi connectivity index (χ1) is 16.3. The number of fused-ring (bicyclic) bond motifs is 1. The molecule has 1 aliphatic rings. The monoisotopic (exact) mass is 454 g/mol. The van der Waals surface area contributed by atoms with Crippen LogP contribution in [0.5, 0.6) is 34.5 Å². The number of hydrogen-bond acceptors (Lipinski definition) is 6. The summed E-state index contributed by atoms with van der Waals surface area (Å²) < 4.78 is 0. The van der Waals surface area contributed by atoms with Gasteiger partial charge >= 0.3 is 0 Å². The van der Waals surface area contributed by atoms with Gasteiger partial charge in [-0.2, -0.15) is 0 Å². The van der Waals surface area contributed by atoms with Crippen molar-refractivity contribution in [3.63, 3.8) is 0 Å². The fraction of sp³-hybridized carbons (Fsp3) is 0.0714. The lowest BCUT2D eigenvalue weighted by atomic mass is 9.79. The molecule has 2 unspecified atom stereocenters. The minimum atomic E-state index is -0.459. The Hall–Kier alpha value is -4.58. The maximum atomic E-state index is 10.9. The van der Waals surface area contributed by atoms with Crippen LogP contribution in [0.3, 0.4) is 0 Å². The van der Waals surface area contributed by atoms with Gasteiger partial charge < -0.3 is 30.6 Å². The van der Waals surface area contributed by atoms with Gasteiger partial charge in [0.25, 0.3) is 0 Å². The van der Waals surface area contributed by atoms with Gasteiger partial charge in [0, 0.05) is 29.5 Å². The molecule has 4 aromatic carbocycles. The highest BCUT2D eigenvalue weighted by Crippen LogP contribution is 2.58. The number of rotatable bonds is 3. The summed E-state index contributed by atoms with van der Waals surface area (Å²) in [5, 5.41) is 61.2. The van der Waals surface area contributed by atoms with Gasteiger partial charge in [-0.3, -0.25) is 0 Å². The SMILES string of the molecule is Oc1ccc(C=C2c3c(O)cc(O)cc3C(c3ccc(O)cc3)C2c2cc(O)cc(O)c2)cc1. The van der Waals surface area contributed by atoms with E-state index >= 15 is 0 Å². The first-order valence-corrected chi connectivity index (χ1v) is 10.7. The molecular formula is C28H22O6. The van der Waals surface area contributed by atoms with Crippen molar-refractivity contribution >= 4 is 11.6 Å². The lowest BCUT2D eigenvalue weighted by molar-refractivity contribution is 0.447. The zero-order valence-electron chi connectivity index (χ0n) is 17.9. The van der Waals surface area contributed by atoms with Crippen molar-refractivity contribution < 1.29 is 30.6 Å². The van der Waals surface area contributed by atoms with Crippen LogP contribution in [-0.2, 0) is 0 Å². The Morgan fingerprint density at radius 2 is 1.06 bits per heavy atom. The second-order valence-electron chi connectivity index (χ2n) is 8.45. The molecule has 0 fully saturated rings. The molecule has 0 aliphatic heterocycles. The van der Waals surface area contributed by atoms with Crippen molar-refractivity contribution in [2.75, 3.05) is 0 Å². The van der Waals surface area contributed by atoms with Crippen molar-refractivity contribution in [1.82, 2.24) is 0 Å². The molecule has 34 heavy (non-hydrogen) atoms. The number of phenolic OH excluding ortho intramolecular Hbond substituents is 6. The minimum absolute atomic E-state index is 0.0941. The van der Waals surface area contributed by atoms with Crippen molar-refractivity contribution in [2.24, 2.45) is 0 Å². The Bertz CT molecular complexity index is 1380. The van der Waals surface area contributed by atoms with Crippen LogP contribution in [0, 0.1) is 0 Å². The maximum Gasteiger partial charge on any atom is 0.127 e. The van der Waals surface area contributed by atoms with Crippen LogP contribution in [0.1, 0.15) is 39.7 Å². The van der Waals surface area contributed by atoms with Crippen molar-refractivity contribution in [1.29, 1.82) is 0 Å². The Balaban J connectivity index is 1.82. The molecule has 0 amide bonds. The summed E-state index contributed by atoms with van der Waals surface area (Å²) in [7, 11) is 0. The van der Waals surface area contributed by atoms with Gasteiger partial charge in [0.05, 0.1) is 0 Å². The highest BCUT2D eigenvalue weighted by Gasteiger charge is 2.41. The van der Waals surface area contributed by atoms with E-state index in [1.54, 1.807) is 66.7 Å². The minimum Gasteiger partial charge on any atom is -0.508 e. The third-order valence-electron chi connectivity index (χ3n) is 6.18. The van der Waals surface area contributed by atoms with E-state index in [9.17, 15) is 30.6 Å². The molecule has 6 heteroatoms. The highest BCUT2D eigenvalue weighted by molar-refractivity contribution is 5.94. The predicted molar refractivity (Wildman–Crippen MR) is 128 cm³/mol. The van der Waals surface area contributed by atoms with E-state index < -0.39 is 11.8 Å². The van der Waals surface area contributed by atoms with Gasteiger partial charge in [0.1, 0.15) is 34.5 Å². The molecule has 6 N–H and O–H groups in total. The van der Waals surface area contributed by atoms with Gasteiger partial charge in [-0.05, 0) is 70.3 Å². The molecule has 0 saturated heterocycles. The molecule has 170 valence electrons. The molecular weight excluding hydrogens is 432 g/mol. The summed E-state index contributed by atoms with van der Waals surface area (Å²) in [5.74, 6) is -1.04. The molecule has 0 radical (unpaired) electrons. The van der Waals surface area contributed by atoms with Crippen molar-refractivity contribution in [3.8, 4) is 34.5 Å². The first kappa shape index (κ1) is 21.3. The predicted octanol–water partition coefficient (Wildman–Crippen LogP) is 5.39. The quantitative estimate of drug-likeness (QED) is 0.247. The molecule has 5 rings (SSSR count). The number of phenols is 6. The van der Waals surface area contributed by atoms with E-state index in [1.807, 2.05) is 6.08 Å². The molecule has 0 bridgehead atoms. The maximum absolute atomic E-state index is 10.9. The molecule has 0 spiro atoms. The Morgan fingerprint density at radius 3 is 1.68 bits per heavy atom. The van der Waals surface area contributed by atoms with Crippen molar-refractivity contribution in [3.05, 3.63) is 107 Å². The average Bonchev–Trinajstić information content (AvgIpc) is 3.09. The second-order valence-corrected chi connectivity index (χ2v) is 8.45. The van der Waals surface area contributed by atoms with Crippen LogP contribution in [0.25, 0.3) is 11.6 Å². The third kappa shape index (κ3) is 3.75. The standard InChI is InChI=1S/C28H22O6/c29-18-5-1-15(2-6-18)9-23-27(17-10-20(31)12-21(32)11-17)26(16-3-7-19(30)8-4-16)24-13-22(33)14-25(34)28(23)24/h1-14,26-27,29-34H. The zero-order valence-corrected chi connectivity index (χ0v) is 17.9. The Morgan fingerprint density at radius 1 is 0.500 bits per heavy atom. The van der Waals surface area contributed by atoms with Crippen LogP contribution in [-0.4, -0.2) is 30.6 Å².